The first kappa shape index (κ1) is 12.9. The van der Waals surface area contributed by atoms with Crippen LogP contribution in [-0.4, -0.2) is 5.78 Å². The molecule has 0 saturated heterocycles. The minimum atomic E-state index is -0.118. The highest BCUT2D eigenvalue weighted by atomic mass is 16.1. The third-order valence-electron chi connectivity index (χ3n) is 5.51. The maximum Gasteiger partial charge on any atom is 0.136 e. The molecule has 2 aliphatic rings. The Morgan fingerprint density at radius 1 is 1.29 bits per heavy atom. The van der Waals surface area contributed by atoms with Crippen molar-refractivity contribution in [3.05, 3.63) is 11.1 Å². The Bertz CT molecular complexity index is 375. The first-order chi connectivity index (χ1) is 7.77. The summed E-state index contributed by atoms with van der Waals surface area (Å²) in [5.74, 6) is 0.880. The van der Waals surface area contributed by atoms with Crippen LogP contribution in [0.25, 0.3) is 0 Å². The van der Waals surface area contributed by atoms with Crippen molar-refractivity contribution in [2.45, 2.75) is 66.7 Å². The molecule has 0 saturated carbocycles. The first-order valence-electron chi connectivity index (χ1n) is 7.00. The van der Waals surface area contributed by atoms with Crippen molar-refractivity contribution in [3.8, 4) is 0 Å². The molecule has 0 bridgehead atoms. The lowest BCUT2D eigenvalue weighted by Gasteiger charge is -2.47. The Morgan fingerprint density at radius 3 is 2.53 bits per heavy atom. The fourth-order valence-corrected chi connectivity index (χ4v) is 3.72. The summed E-state index contributed by atoms with van der Waals surface area (Å²) in [4.78, 5) is 12.0. The van der Waals surface area contributed by atoms with Crippen LogP contribution in [0.5, 0.6) is 0 Å². The molecule has 1 heteroatoms. The van der Waals surface area contributed by atoms with Crippen molar-refractivity contribution in [1.29, 1.82) is 0 Å². The van der Waals surface area contributed by atoms with E-state index in [9.17, 15) is 4.79 Å². The van der Waals surface area contributed by atoms with Crippen molar-refractivity contribution < 1.29 is 4.79 Å². The van der Waals surface area contributed by atoms with E-state index in [1.165, 1.54) is 19.3 Å². The van der Waals surface area contributed by atoms with Crippen LogP contribution in [-0.2, 0) is 4.79 Å². The molecule has 0 heterocycles. The van der Waals surface area contributed by atoms with Crippen LogP contribution in [0.1, 0.15) is 66.7 Å². The smallest absolute Gasteiger partial charge is 0.136 e. The lowest BCUT2D eigenvalue weighted by atomic mass is 9.57. The summed E-state index contributed by atoms with van der Waals surface area (Å²) in [7, 11) is 0. The standard InChI is InChI=1S/C16H26O/c1-11-9-13-7-6-8-15(3,4)14(13)10-16(11,5)12(2)17/h11H,6-10H2,1-5H3/t11-,16-/m0/s1. The zero-order valence-electron chi connectivity index (χ0n) is 12.0. The van der Waals surface area contributed by atoms with E-state index >= 15 is 0 Å². The van der Waals surface area contributed by atoms with Crippen molar-refractivity contribution in [3.63, 3.8) is 0 Å². The monoisotopic (exact) mass is 234 g/mol. The Balaban J connectivity index is 2.40. The van der Waals surface area contributed by atoms with Gasteiger partial charge in [-0.25, -0.2) is 0 Å². The van der Waals surface area contributed by atoms with Crippen LogP contribution in [0, 0.1) is 16.7 Å². The second-order valence-corrected chi connectivity index (χ2v) is 7.08. The maximum absolute atomic E-state index is 12.0. The highest BCUT2D eigenvalue weighted by Gasteiger charge is 2.45. The number of rotatable bonds is 1. The van der Waals surface area contributed by atoms with Crippen molar-refractivity contribution in [1.82, 2.24) is 0 Å². The van der Waals surface area contributed by atoms with Crippen LogP contribution in [0.3, 0.4) is 0 Å². The van der Waals surface area contributed by atoms with Gasteiger partial charge in [0.1, 0.15) is 5.78 Å². The molecular formula is C16H26O. The van der Waals surface area contributed by atoms with Crippen molar-refractivity contribution in [2.75, 3.05) is 0 Å². The van der Waals surface area contributed by atoms with Gasteiger partial charge in [0, 0.05) is 5.41 Å². The molecular weight excluding hydrogens is 208 g/mol. The van der Waals surface area contributed by atoms with Gasteiger partial charge in [-0.15, -0.1) is 0 Å². The van der Waals surface area contributed by atoms with E-state index in [0.29, 0.717) is 17.1 Å². The maximum atomic E-state index is 12.0. The molecule has 1 nitrogen and oxygen atoms in total. The molecule has 0 aliphatic heterocycles. The largest absolute Gasteiger partial charge is 0.299 e. The second-order valence-electron chi connectivity index (χ2n) is 7.08. The van der Waals surface area contributed by atoms with Crippen LogP contribution < -0.4 is 0 Å². The van der Waals surface area contributed by atoms with Gasteiger partial charge < -0.3 is 0 Å². The third kappa shape index (κ3) is 1.98. The molecule has 2 atom stereocenters. The van der Waals surface area contributed by atoms with Gasteiger partial charge in [-0.2, -0.15) is 0 Å². The highest BCUT2D eigenvalue weighted by Crippen LogP contribution is 2.53. The molecule has 0 aromatic heterocycles. The molecule has 96 valence electrons. The van der Waals surface area contributed by atoms with Gasteiger partial charge in [-0.1, -0.05) is 38.8 Å². The summed E-state index contributed by atoms with van der Waals surface area (Å²) < 4.78 is 0. The highest BCUT2D eigenvalue weighted by molar-refractivity contribution is 5.83. The minimum Gasteiger partial charge on any atom is -0.299 e. The average Bonchev–Trinajstić information content (AvgIpc) is 2.21. The Kier molecular flexibility index (Phi) is 3.00. The van der Waals surface area contributed by atoms with E-state index < -0.39 is 0 Å². The van der Waals surface area contributed by atoms with Gasteiger partial charge in [0.05, 0.1) is 0 Å². The molecule has 0 radical (unpaired) electrons. The zero-order valence-corrected chi connectivity index (χ0v) is 12.0. The van der Waals surface area contributed by atoms with E-state index in [0.717, 1.165) is 12.8 Å². The predicted molar refractivity (Wildman–Crippen MR) is 71.8 cm³/mol. The number of ketones is 1. The van der Waals surface area contributed by atoms with Gasteiger partial charge >= 0.3 is 0 Å². The van der Waals surface area contributed by atoms with Gasteiger partial charge in [0.15, 0.2) is 0 Å². The summed E-state index contributed by atoms with van der Waals surface area (Å²) in [6, 6.07) is 0. The summed E-state index contributed by atoms with van der Waals surface area (Å²) in [6.45, 7) is 10.9. The molecule has 0 spiro atoms. The molecule has 0 aromatic carbocycles. The molecule has 0 N–H and O–H groups in total. The number of hydrogen-bond donors (Lipinski definition) is 0. The number of hydrogen-bond acceptors (Lipinski definition) is 1. The zero-order chi connectivity index (χ0) is 12.8. The molecule has 2 rings (SSSR count). The number of carbonyl (C=O) groups excluding carboxylic acids is 1. The predicted octanol–water partition coefficient (Wildman–Crippen LogP) is 4.52. The lowest BCUT2D eigenvalue weighted by Crippen LogP contribution is -2.40. The second kappa shape index (κ2) is 3.96. The quantitative estimate of drug-likeness (QED) is 0.610. The van der Waals surface area contributed by atoms with E-state index in [4.69, 9.17) is 0 Å². The summed E-state index contributed by atoms with van der Waals surface area (Å²) in [5.41, 5.74) is 3.49. The fourth-order valence-electron chi connectivity index (χ4n) is 3.72. The number of allylic oxidation sites excluding steroid dienone is 2. The Labute approximate surface area is 106 Å². The molecule has 0 aromatic rings. The third-order valence-corrected chi connectivity index (χ3v) is 5.51. The van der Waals surface area contributed by atoms with Crippen LogP contribution in [0.15, 0.2) is 11.1 Å². The van der Waals surface area contributed by atoms with Gasteiger partial charge in [0.25, 0.3) is 0 Å². The summed E-state index contributed by atoms with van der Waals surface area (Å²) >= 11 is 0. The van der Waals surface area contributed by atoms with Gasteiger partial charge in [0.2, 0.25) is 0 Å². The van der Waals surface area contributed by atoms with Crippen molar-refractivity contribution in [2.24, 2.45) is 16.7 Å². The van der Waals surface area contributed by atoms with E-state index in [1.54, 1.807) is 18.1 Å². The molecule has 0 unspecified atom stereocenters. The van der Waals surface area contributed by atoms with Gasteiger partial charge in [-0.3, -0.25) is 4.79 Å². The van der Waals surface area contributed by atoms with E-state index in [-0.39, 0.29) is 5.41 Å². The van der Waals surface area contributed by atoms with Crippen LogP contribution >= 0.6 is 0 Å². The number of Topliss-reactive ketones (excluding diaryl/α,β-unsaturated/α-hetero) is 1. The average molecular weight is 234 g/mol. The summed E-state index contributed by atoms with van der Waals surface area (Å²) in [5, 5.41) is 0. The molecule has 2 aliphatic carbocycles. The summed E-state index contributed by atoms with van der Waals surface area (Å²) in [6.07, 6.45) is 6.04. The molecule has 17 heavy (non-hydrogen) atoms. The topological polar surface area (TPSA) is 17.1 Å². The Morgan fingerprint density at radius 2 is 1.94 bits per heavy atom. The van der Waals surface area contributed by atoms with E-state index in [1.807, 2.05) is 0 Å². The lowest BCUT2D eigenvalue weighted by molar-refractivity contribution is -0.128. The SMILES string of the molecule is CC(=O)[C@@]1(C)CC2=C(CCCC2(C)C)C[C@@H]1C. The fraction of sp³-hybridized carbons (Fsp3) is 0.812. The molecule has 0 fully saturated rings. The first-order valence-corrected chi connectivity index (χ1v) is 7.00. The van der Waals surface area contributed by atoms with Crippen LogP contribution in [0.4, 0.5) is 0 Å². The van der Waals surface area contributed by atoms with Crippen LogP contribution in [0.2, 0.25) is 0 Å². The molecule has 0 amide bonds. The normalized spacial score (nSPS) is 36.6. The van der Waals surface area contributed by atoms with Gasteiger partial charge in [-0.05, 0) is 50.4 Å². The Hall–Kier alpha value is -0.590. The number of carbonyl (C=O) groups is 1. The van der Waals surface area contributed by atoms with Crippen molar-refractivity contribution >= 4 is 5.78 Å². The minimum absolute atomic E-state index is 0.118. The van der Waals surface area contributed by atoms with E-state index in [2.05, 4.69) is 27.7 Å².